The van der Waals surface area contributed by atoms with Crippen molar-refractivity contribution < 1.29 is 13.6 Å². The van der Waals surface area contributed by atoms with Crippen molar-refractivity contribution in [2.24, 2.45) is 0 Å². The molecule has 0 aliphatic rings. The van der Waals surface area contributed by atoms with E-state index in [4.69, 9.17) is 8.83 Å². The number of aromatic nitrogens is 2. The number of nitrogens with zero attached hydrogens (tertiary/aromatic N) is 2. The van der Waals surface area contributed by atoms with Crippen molar-refractivity contribution in [2.45, 2.75) is 0 Å². The molecule has 2 aromatic heterocycles. The summed E-state index contributed by atoms with van der Waals surface area (Å²) < 4.78 is 10.8. The highest BCUT2D eigenvalue weighted by atomic mass is 16.4. The van der Waals surface area contributed by atoms with E-state index in [9.17, 15) is 4.79 Å². The molecule has 1 N–H and O–H groups in total. The number of amides is 1. The van der Waals surface area contributed by atoms with Crippen molar-refractivity contribution in [1.82, 2.24) is 10.2 Å². The number of carbonyl (C=O) groups excluding carboxylic acids is 1. The summed E-state index contributed by atoms with van der Waals surface area (Å²) in [6.07, 6.45) is 1.46. The van der Waals surface area contributed by atoms with Crippen LogP contribution in [0.3, 0.4) is 0 Å². The monoisotopic (exact) mass is 331 g/mol. The Bertz CT molecular complexity index is 974. The molecule has 122 valence electrons. The van der Waals surface area contributed by atoms with Crippen LogP contribution >= 0.6 is 0 Å². The molecular formula is C19H13N3O3. The molecule has 25 heavy (non-hydrogen) atoms. The van der Waals surface area contributed by atoms with E-state index in [2.05, 4.69) is 15.5 Å². The fourth-order valence-corrected chi connectivity index (χ4v) is 2.33. The van der Waals surface area contributed by atoms with Gasteiger partial charge in [-0.1, -0.05) is 18.2 Å². The molecule has 2 aromatic carbocycles. The lowest BCUT2D eigenvalue weighted by Gasteiger charge is -2.03. The summed E-state index contributed by atoms with van der Waals surface area (Å²) in [4.78, 5) is 11.9. The highest BCUT2D eigenvalue weighted by Crippen LogP contribution is 2.24. The van der Waals surface area contributed by atoms with Gasteiger partial charge in [0.15, 0.2) is 5.76 Å². The second-order valence-corrected chi connectivity index (χ2v) is 5.29. The first-order valence-corrected chi connectivity index (χ1v) is 7.64. The Labute approximate surface area is 143 Å². The number of furan rings is 1. The molecule has 0 atom stereocenters. The van der Waals surface area contributed by atoms with Crippen LogP contribution in [0.25, 0.3) is 22.9 Å². The number of hydrogen-bond acceptors (Lipinski definition) is 5. The van der Waals surface area contributed by atoms with E-state index in [1.54, 1.807) is 36.4 Å². The molecule has 0 radical (unpaired) electrons. The zero-order valence-electron chi connectivity index (χ0n) is 13.0. The number of benzene rings is 2. The van der Waals surface area contributed by atoms with Gasteiger partial charge in [-0.15, -0.1) is 10.2 Å². The van der Waals surface area contributed by atoms with Crippen molar-refractivity contribution in [2.75, 3.05) is 5.32 Å². The SMILES string of the molecule is O=C(Nc1ccc(-c2nnc(-c3ccccc3)o2)cc1)c1ccco1. The molecule has 4 rings (SSSR count). The molecule has 4 aromatic rings. The zero-order valence-corrected chi connectivity index (χ0v) is 13.0. The number of anilines is 1. The van der Waals surface area contributed by atoms with E-state index in [1.165, 1.54) is 6.26 Å². The second kappa shape index (κ2) is 6.45. The lowest BCUT2D eigenvalue weighted by molar-refractivity contribution is 0.0996. The molecule has 6 nitrogen and oxygen atoms in total. The minimum atomic E-state index is -0.304. The van der Waals surface area contributed by atoms with Crippen LogP contribution < -0.4 is 5.32 Å². The fourth-order valence-electron chi connectivity index (χ4n) is 2.33. The molecule has 0 bridgehead atoms. The smallest absolute Gasteiger partial charge is 0.291 e. The summed E-state index contributed by atoms with van der Waals surface area (Å²) >= 11 is 0. The lowest BCUT2D eigenvalue weighted by atomic mass is 10.2. The van der Waals surface area contributed by atoms with Crippen molar-refractivity contribution in [1.29, 1.82) is 0 Å². The van der Waals surface area contributed by atoms with Gasteiger partial charge in [-0.3, -0.25) is 4.79 Å². The first-order chi connectivity index (χ1) is 12.3. The van der Waals surface area contributed by atoms with E-state index >= 15 is 0 Å². The van der Waals surface area contributed by atoms with Crippen molar-refractivity contribution in [3.05, 3.63) is 78.8 Å². The Hall–Kier alpha value is -3.67. The summed E-state index contributed by atoms with van der Waals surface area (Å²) in [7, 11) is 0. The van der Waals surface area contributed by atoms with Crippen LogP contribution in [0.2, 0.25) is 0 Å². The van der Waals surface area contributed by atoms with Crippen LogP contribution in [0.1, 0.15) is 10.6 Å². The van der Waals surface area contributed by atoms with E-state index < -0.39 is 0 Å². The summed E-state index contributed by atoms with van der Waals surface area (Å²) in [6.45, 7) is 0. The van der Waals surface area contributed by atoms with Gasteiger partial charge in [0.05, 0.1) is 6.26 Å². The average molecular weight is 331 g/mol. The fraction of sp³-hybridized carbons (Fsp3) is 0. The Kier molecular flexibility index (Phi) is 3.84. The highest BCUT2D eigenvalue weighted by Gasteiger charge is 2.11. The van der Waals surface area contributed by atoms with Crippen LogP contribution in [-0.4, -0.2) is 16.1 Å². The van der Waals surface area contributed by atoms with Crippen LogP contribution in [0.15, 0.2) is 81.8 Å². The molecule has 0 aliphatic heterocycles. The third-order valence-corrected chi connectivity index (χ3v) is 3.58. The Balaban J connectivity index is 1.51. The van der Waals surface area contributed by atoms with E-state index in [0.29, 0.717) is 17.5 Å². The van der Waals surface area contributed by atoms with Crippen molar-refractivity contribution in [3.63, 3.8) is 0 Å². The topological polar surface area (TPSA) is 81.2 Å². The first kappa shape index (κ1) is 14.9. The summed E-state index contributed by atoms with van der Waals surface area (Å²) in [5.41, 5.74) is 2.28. The minimum Gasteiger partial charge on any atom is -0.459 e. The molecule has 0 aliphatic carbocycles. The minimum absolute atomic E-state index is 0.258. The van der Waals surface area contributed by atoms with Crippen LogP contribution in [-0.2, 0) is 0 Å². The largest absolute Gasteiger partial charge is 0.459 e. The molecule has 0 unspecified atom stereocenters. The predicted molar refractivity (Wildman–Crippen MR) is 91.8 cm³/mol. The van der Waals surface area contributed by atoms with Gasteiger partial charge in [0, 0.05) is 16.8 Å². The molecule has 0 saturated heterocycles. The molecular weight excluding hydrogens is 318 g/mol. The van der Waals surface area contributed by atoms with Gasteiger partial charge in [-0.25, -0.2) is 0 Å². The van der Waals surface area contributed by atoms with Crippen molar-refractivity contribution in [3.8, 4) is 22.9 Å². The Morgan fingerprint density at radius 1 is 0.800 bits per heavy atom. The van der Waals surface area contributed by atoms with Crippen LogP contribution in [0, 0.1) is 0 Å². The van der Waals surface area contributed by atoms with E-state index in [0.717, 1.165) is 11.1 Å². The molecule has 6 heteroatoms. The van der Waals surface area contributed by atoms with Gasteiger partial charge >= 0.3 is 0 Å². The van der Waals surface area contributed by atoms with Gasteiger partial charge in [-0.05, 0) is 48.5 Å². The normalized spacial score (nSPS) is 10.6. The summed E-state index contributed by atoms with van der Waals surface area (Å²) in [5.74, 6) is 0.837. The predicted octanol–water partition coefficient (Wildman–Crippen LogP) is 4.25. The lowest BCUT2D eigenvalue weighted by Crippen LogP contribution is -2.10. The summed E-state index contributed by atoms with van der Waals surface area (Å²) in [6, 6.07) is 20.0. The Morgan fingerprint density at radius 2 is 1.48 bits per heavy atom. The second-order valence-electron chi connectivity index (χ2n) is 5.29. The molecule has 1 amide bonds. The zero-order chi connectivity index (χ0) is 17.1. The molecule has 0 spiro atoms. The third kappa shape index (κ3) is 3.18. The number of carbonyl (C=O) groups is 1. The molecule has 2 heterocycles. The van der Waals surface area contributed by atoms with E-state index in [1.807, 2.05) is 30.3 Å². The van der Waals surface area contributed by atoms with E-state index in [-0.39, 0.29) is 11.7 Å². The number of rotatable bonds is 4. The van der Waals surface area contributed by atoms with Crippen LogP contribution in [0.4, 0.5) is 5.69 Å². The standard InChI is InChI=1S/C19H13N3O3/c23-17(16-7-4-12-24-16)20-15-10-8-14(9-11-15)19-22-21-18(25-19)13-5-2-1-3-6-13/h1-12H,(H,20,23). The molecule has 0 fully saturated rings. The van der Waals surface area contributed by atoms with Gasteiger partial charge in [0.25, 0.3) is 5.91 Å². The maximum atomic E-state index is 11.9. The van der Waals surface area contributed by atoms with Gasteiger partial charge in [-0.2, -0.15) is 0 Å². The van der Waals surface area contributed by atoms with Crippen LogP contribution in [0.5, 0.6) is 0 Å². The van der Waals surface area contributed by atoms with Crippen molar-refractivity contribution >= 4 is 11.6 Å². The average Bonchev–Trinajstić information content (AvgIpc) is 3.35. The van der Waals surface area contributed by atoms with Gasteiger partial charge in [0.1, 0.15) is 0 Å². The molecule has 0 saturated carbocycles. The first-order valence-electron chi connectivity index (χ1n) is 7.64. The Morgan fingerprint density at radius 3 is 2.12 bits per heavy atom. The maximum Gasteiger partial charge on any atom is 0.291 e. The van der Waals surface area contributed by atoms with Gasteiger partial charge < -0.3 is 14.2 Å². The van der Waals surface area contributed by atoms with Gasteiger partial charge in [0.2, 0.25) is 11.8 Å². The maximum absolute atomic E-state index is 11.9. The third-order valence-electron chi connectivity index (χ3n) is 3.58. The quantitative estimate of drug-likeness (QED) is 0.604. The number of nitrogens with one attached hydrogen (secondary N) is 1. The highest BCUT2D eigenvalue weighted by molar-refractivity contribution is 6.02. The summed E-state index contributed by atoms with van der Waals surface area (Å²) in [5, 5.41) is 10.9. The number of hydrogen-bond donors (Lipinski definition) is 1.